The number of aliphatic imine (C=N–C) groups is 2. The van der Waals surface area contributed by atoms with Gasteiger partial charge in [-0.2, -0.15) is 0 Å². The summed E-state index contributed by atoms with van der Waals surface area (Å²) in [5, 5.41) is 2.45. The van der Waals surface area contributed by atoms with Gasteiger partial charge in [0.05, 0.1) is 16.7 Å². The largest absolute Gasteiger partial charge is 0.309 e. The third-order valence-electron chi connectivity index (χ3n) is 12.9. The fourth-order valence-electron chi connectivity index (χ4n) is 9.54. The molecule has 66 heavy (non-hydrogen) atoms. The molecular weight excluding hydrogens is 799 g/mol. The van der Waals surface area contributed by atoms with Crippen molar-refractivity contribution in [2.24, 2.45) is 9.98 Å². The number of benzene rings is 8. The van der Waals surface area contributed by atoms with E-state index in [0.29, 0.717) is 5.84 Å². The molecule has 1 aliphatic heterocycles. The van der Waals surface area contributed by atoms with Crippen LogP contribution in [0.3, 0.4) is 0 Å². The van der Waals surface area contributed by atoms with Crippen molar-refractivity contribution >= 4 is 56.3 Å². The zero-order valence-corrected chi connectivity index (χ0v) is 37.1. The number of hydrogen-bond donors (Lipinski definition) is 0. The Labute approximate surface area is 386 Å². The first-order chi connectivity index (χ1) is 32.6. The van der Waals surface area contributed by atoms with E-state index >= 15 is 0 Å². The molecule has 314 valence electrons. The van der Waals surface area contributed by atoms with Crippen molar-refractivity contribution in [2.45, 2.75) is 26.7 Å². The summed E-state index contributed by atoms with van der Waals surface area (Å²) in [5.74, 6) is 0.661. The fraction of sp³-hybridized carbons (Fsp3) is 0.0635. The second-order valence-electron chi connectivity index (χ2n) is 16.9. The van der Waals surface area contributed by atoms with Crippen LogP contribution in [-0.4, -0.2) is 16.1 Å². The molecule has 0 spiro atoms. The minimum Gasteiger partial charge on any atom is -0.309 e. The van der Waals surface area contributed by atoms with Crippen LogP contribution in [0, 0.1) is 0 Å². The summed E-state index contributed by atoms with van der Waals surface area (Å²) in [7, 11) is 0. The molecule has 0 fully saturated rings. The van der Waals surface area contributed by atoms with E-state index in [2.05, 4.69) is 206 Å². The predicted octanol–water partition coefficient (Wildman–Crippen LogP) is 16.1. The first-order valence-electron chi connectivity index (χ1n) is 22.9. The standard InChI is InChI=1S/C63H47N3/c1-3-44(39-45(4-2)63-64-59(47-20-10-6-11-21-47)35-36-60(65-63)48-22-12-7-13-23-48)50-31-37-62-58(42-50)57-26-16-17-27-61(57)66(62)53-32-28-46(29-33-53)49-30-34-55-52(40-49)41-51(38-43-18-8-5-9-19-43)54-24-14-15-25-56(54)55/h4-35,37-40,42H,3,41H2,1-2H3/b44-39+,45-4+,51-38?. The molecule has 0 N–H and O–H groups in total. The van der Waals surface area contributed by atoms with E-state index in [-0.39, 0.29) is 0 Å². The summed E-state index contributed by atoms with van der Waals surface area (Å²) in [5.41, 5.74) is 24.2. The third-order valence-corrected chi connectivity index (χ3v) is 12.9. The Balaban J connectivity index is 0.934. The Morgan fingerprint density at radius 3 is 2.00 bits per heavy atom. The second-order valence-corrected chi connectivity index (χ2v) is 16.9. The normalized spacial score (nSPS) is 14.4. The molecule has 1 aromatic heterocycles. The number of fused-ring (bicyclic) bond motifs is 6. The smallest absolute Gasteiger partial charge is 0.160 e. The van der Waals surface area contributed by atoms with E-state index in [4.69, 9.17) is 9.98 Å². The monoisotopic (exact) mass is 845 g/mol. The lowest BCUT2D eigenvalue weighted by atomic mass is 9.80. The zero-order valence-electron chi connectivity index (χ0n) is 37.1. The fourth-order valence-corrected chi connectivity index (χ4v) is 9.54. The van der Waals surface area contributed by atoms with Crippen LogP contribution < -0.4 is 0 Å². The van der Waals surface area contributed by atoms with Crippen LogP contribution in [0.5, 0.6) is 0 Å². The van der Waals surface area contributed by atoms with E-state index in [1.165, 1.54) is 77.5 Å². The van der Waals surface area contributed by atoms with Crippen molar-refractivity contribution in [3.8, 4) is 27.9 Å². The average molecular weight is 846 g/mol. The van der Waals surface area contributed by atoms with Gasteiger partial charge < -0.3 is 4.57 Å². The number of para-hydroxylation sites is 1. The highest BCUT2D eigenvalue weighted by Gasteiger charge is 2.21. The molecule has 3 heteroatoms. The van der Waals surface area contributed by atoms with Gasteiger partial charge in [-0.1, -0.05) is 195 Å². The molecule has 0 atom stereocenters. The molecular formula is C63H47N3. The van der Waals surface area contributed by atoms with Gasteiger partial charge in [0.2, 0.25) is 0 Å². The van der Waals surface area contributed by atoms with Crippen molar-refractivity contribution in [1.29, 1.82) is 0 Å². The first kappa shape index (κ1) is 40.4. The number of hydrogen-bond acceptors (Lipinski definition) is 2. The molecule has 11 rings (SSSR count). The quantitative estimate of drug-likeness (QED) is 0.102. The molecule has 1 aliphatic carbocycles. The van der Waals surface area contributed by atoms with Gasteiger partial charge >= 0.3 is 0 Å². The summed E-state index contributed by atoms with van der Waals surface area (Å²) >= 11 is 0. The number of aromatic nitrogens is 1. The molecule has 0 unspecified atom stereocenters. The molecule has 3 nitrogen and oxygen atoms in total. The molecule has 0 saturated heterocycles. The molecule has 2 heterocycles. The predicted molar refractivity (Wildman–Crippen MR) is 280 cm³/mol. The molecule has 0 radical (unpaired) electrons. The lowest BCUT2D eigenvalue weighted by molar-refractivity contribution is 1.18. The van der Waals surface area contributed by atoms with Crippen LogP contribution in [-0.2, 0) is 6.42 Å². The van der Waals surface area contributed by atoms with E-state index < -0.39 is 0 Å². The van der Waals surface area contributed by atoms with Crippen molar-refractivity contribution in [1.82, 2.24) is 4.57 Å². The van der Waals surface area contributed by atoms with Gasteiger partial charge in [0.1, 0.15) is 5.70 Å². The highest BCUT2D eigenvalue weighted by atomic mass is 15.0. The molecule has 0 bridgehead atoms. The molecule has 2 aliphatic rings. The highest BCUT2D eigenvalue weighted by molar-refractivity contribution is 6.20. The molecule has 9 aromatic rings. The van der Waals surface area contributed by atoms with Gasteiger partial charge in [-0.05, 0) is 112 Å². The number of rotatable bonds is 9. The maximum absolute atomic E-state index is 5.18. The van der Waals surface area contributed by atoms with Crippen LogP contribution in [0.2, 0.25) is 0 Å². The van der Waals surface area contributed by atoms with Crippen LogP contribution in [0.15, 0.2) is 240 Å². The first-order valence-corrected chi connectivity index (χ1v) is 22.9. The van der Waals surface area contributed by atoms with Gasteiger partial charge in [-0.3, -0.25) is 0 Å². The SMILES string of the molecule is C/C=C(\C=C(/CC)c1ccc2c(c1)c1ccccc1n2-c1ccc(-c2ccc3c(c2)CC(=Cc2ccccc2)c2ccccc2-3)cc1)C1=NC(c2ccccc2)=C=CC(c2ccccc2)=N1. The number of amidine groups is 1. The van der Waals surface area contributed by atoms with Crippen molar-refractivity contribution in [2.75, 3.05) is 0 Å². The zero-order chi connectivity index (χ0) is 44.4. The molecule has 0 amide bonds. The minimum absolute atomic E-state index is 0.661. The third kappa shape index (κ3) is 7.73. The maximum atomic E-state index is 5.18. The van der Waals surface area contributed by atoms with Crippen LogP contribution in [0.25, 0.3) is 72.7 Å². The summed E-state index contributed by atoms with van der Waals surface area (Å²) in [6.45, 7) is 4.29. The summed E-state index contributed by atoms with van der Waals surface area (Å²) < 4.78 is 2.40. The lowest BCUT2D eigenvalue weighted by Gasteiger charge is -2.23. The van der Waals surface area contributed by atoms with Crippen LogP contribution >= 0.6 is 0 Å². The van der Waals surface area contributed by atoms with Gasteiger partial charge in [0.15, 0.2) is 5.84 Å². The molecule has 0 saturated carbocycles. The number of nitrogens with zero attached hydrogens (tertiary/aromatic N) is 3. The van der Waals surface area contributed by atoms with Gasteiger partial charge in [-0.15, -0.1) is 0 Å². The van der Waals surface area contributed by atoms with Crippen molar-refractivity contribution < 1.29 is 0 Å². The summed E-state index contributed by atoms with van der Waals surface area (Å²) in [6.07, 6.45) is 10.4. The van der Waals surface area contributed by atoms with Gasteiger partial charge in [-0.25, -0.2) is 9.98 Å². The van der Waals surface area contributed by atoms with Gasteiger partial charge in [0.25, 0.3) is 0 Å². The van der Waals surface area contributed by atoms with Crippen molar-refractivity contribution in [3.63, 3.8) is 0 Å². The summed E-state index contributed by atoms with van der Waals surface area (Å²) in [4.78, 5) is 10.3. The summed E-state index contributed by atoms with van der Waals surface area (Å²) in [6, 6.07) is 71.7. The lowest BCUT2D eigenvalue weighted by Crippen LogP contribution is -2.05. The van der Waals surface area contributed by atoms with E-state index in [1.807, 2.05) is 42.5 Å². The molecule has 8 aromatic carbocycles. The van der Waals surface area contributed by atoms with Crippen LogP contribution in [0.4, 0.5) is 0 Å². The Morgan fingerprint density at radius 2 is 1.24 bits per heavy atom. The minimum atomic E-state index is 0.661. The highest BCUT2D eigenvalue weighted by Crippen LogP contribution is 2.42. The maximum Gasteiger partial charge on any atom is 0.160 e. The Bertz CT molecular complexity index is 3530. The Morgan fingerprint density at radius 1 is 0.576 bits per heavy atom. The number of allylic oxidation sites excluding steroid dienone is 4. The topological polar surface area (TPSA) is 29.6 Å². The van der Waals surface area contributed by atoms with Crippen LogP contribution in [0.1, 0.15) is 53.6 Å². The second kappa shape index (κ2) is 17.7. The average Bonchev–Trinajstić information content (AvgIpc) is 3.54. The Kier molecular flexibility index (Phi) is 10.8. The van der Waals surface area contributed by atoms with E-state index in [9.17, 15) is 0 Å². The Hall–Kier alpha value is -8.36. The van der Waals surface area contributed by atoms with E-state index in [0.717, 1.165) is 46.6 Å². The van der Waals surface area contributed by atoms with E-state index in [1.54, 1.807) is 0 Å². The van der Waals surface area contributed by atoms with Gasteiger partial charge in [0, 0.05) is 39.2 Å². The van der Waals surface area contributed by atoms with Crippen molar-refractivity contribution in [3.05, 3.63) is 263 Å².